The Morgan fingerprint density at radius 3 is 1.12 bits per heavy atom. The quantitative estimate of drug-likeness (QED) is 0.0140. The zero-order chi connectivity index (χ0) is 84.9. The third-order valence-electron chi connectivity index (χ3n) is 19.8. The van der Waals surface area contributed by atoms with Gasteiger partial charge in [0.15, 0.2) is 23.7 Å². The van der Waals surface area contributed by atoms with Crippen molar-refractivity contribution < 1.29 is 43.2 Å². The van der Waals surface area contributed by atoms with Crippen LogP contribution in [0.15, 0.2) is 217 Å². The molecule has 0 unspecified atom stereocenters. The number of carbonyl (C=O) groups is 3. The summed E-state index contributed by atoms with van der Waals surface area (Å²) in [6.45, 7) is 23.3. The maximum atomic E-state index is 13.0. The van der Waals surface area contributed by atoms with Crippen molar-refractivity contribution in [3.05, 3.63) is 234 Å². The summed E-state index contributed by atoms with van der Waals surface area (Å²) in [5.41, 5.74) is 9.19. The number of nitrogens with zero attached hydrogens (tertiary/aromatic N) is 18. The highest BCUT2D eigenvalue weighted by molar-refractivity contribution is 6.00. The van der Waals surface area contributed by atoms with Gasteiger partial charge >= 0.3 is 0 Å². The van der Waals surface area contributed by atoms with E-state index in [-0.39, 0.29) is 65.6 Å². The van der Waals surface area contributed by atoms with Gasteiger partial charge in [-0.2, -0.15) is 15.0 Å². The average molecular weight is 1640 g/mol. The fraction of sp³-hybridized carbons (Fsp3) is 0.259. The number of benzene rings is 6. The number of anilines is 12. The van der Waals surface area contributed by atoms with E-state index in [1.54, 1.807) is 100 Å². The molecule has 9 heterocycles. The van der Waals surface area contributed by atoms with E-state index < -0.39 is 0 Å². The summed E-state index contributed by atoms with van der Waals surface area (Å²) in [7, 11) is 9.04. The van der Waals surface area contributed by atoms with Crippen LogP contribution in [0.1, 0.15) is 0 Å². The number of aliphatic hydroxyl groups is 1. The topological polar surface area (TPSA) is 391 Å². The molecule has 6 aromatic heterocycles. The minimum absolute atomic E-state index is 0.0711. The second kappa shape index (κ2) is 40.1. The normalized spacial score (nSPS) is 13.7. The Labute approximate surface area is 695 Å². The van der Waals surface area contributed by atoms with Crippen molar-refractivity contribution in [1.29, 1.82) is 0 Å². The number of fused-ring (bicyclic) bond motifs is 3. The number of β-amino-alcohol motifs (C(OH)–C–C–N with tert-alkyl or cyclic N) is 1. The number of hydrogen-bond acceptors (Lipinski definition) is 30. The van der Waals surface area contributed by atoms with Gasteiger partial charge in [0, 0.05) is 152 Å². The molecule has 15 rings (SSSR count). The molecule has 0 radical (unpaired) electrons. The highest BCUT2D eigenvalue weighted by Crippen LogP contribution is 2.37. The van der Waals surface area contributed by atoms with Crippen LogP contribution in [0.5, 0.6) is 17.2 Å². The number of hydrogen-bond donors (Lipinski definition) is 7. The molecular weight excluding hydrogens is 1550 g/mol. The lowest BCUT2D eigenvalue weighted by molar-refractivity contribution is -0.112. The average Bonchev–Trinajstić information content (AvgIpc) is 0.783. The highest BCUT2D eigenvalue weighted by Gasteiger charge is 2.24. The first-order chi connectivity index (χ1) is 58.9. The van der Waals surface area contributed by atoms with E-state index in [9.17, 15) is 33.9 Å². The van der Waals surface area contributed by atoms with Gasteiger partial charge in [-0.05, 0) is 123 Å². The lowest BCUT2D eigenvalue weighted by atomic mass is 10.2. The molecule has 0 spiro atoms. The van der Waals surface area contributed by atoms with E-state index in [4.69, 9.17) is 23.7 Å². The van der Waals surface area contributed by atoms with Crippen LogP contribution in [0.3, 0.4) is 0 Å². The Hall–Kier alpha value is -14.4. The molecule has 36 nitrogen and oxygen atoms in total. The van der Waals surface area contributed by atoms with Gasteiger partial charge in [-0.25, -0.2) is 29.9 Å². The molecule has 0 atom stereocenters. The summed E-state index contributed by atoms with van der Waals surface area (Å²) in [6.07, 6.45) is 11.8. The smallest absolute Gasteiger partial charge is 0.275 e. The molecule has 3 aliphatic heterocycles. The molecule has 12 aromatic rings. The zero-order valence-electron chi connectivity index (χ0n) is 67.5. The molecule has 3 saturated heterocycles. The largest absolute Gasteiger partial charge is 0.494 e. The van der Waals surface area contributed by atoms with Crippen molar-refractivity contribution in [1.82, 2.24) is 73.3 Å². The molecule has 3 aliphatic rings. The summed E-state index contributed by atoms with van der Waals surface area (Å²) in [6, 6.07) is 38.4. The van der Waals surface area contributed by atoms with E-state index in [0.717, 1.165) is 95.6 Å². The first kappa shape index (κ1) is 84.5. The molecule has 6 aromatic carbocycles. The number of rotatable bonds is 28. The maximum Gasteiger partial charge on any atom is 0.275 e. The lowest BCUT2D eigenvalue weighted by Gasteiger charge is -2.36. The number of amides is 3. The van der Waals surface area contributed by atoms with Crippen LogP contribution < -0.4 is 77.5 Å². The molecule has 0 aliphatic carbocycles. The lowest BCUT2D eigenvalue weighted by Crippen LogP contribution is -2.47. The van der Waals surface area contributed by atoms with Gasteiger partial charge in [0.25, 0.3) is 16.7 Å². The first-order valence-corrected chi connectivity index (χ1v) is 38.7. The molecule has 121 heavy (non-hydrogen) atoms. The summed E-state index contributed by atoms with van der Waals surface area (Å²) in [5.74, 6) is 1.53. The third kappa shape index (κ3) is 21.3. The van der Waals surface area contributed by atoms with Gasteiger partial charge < -0.3 is 85.2 Å². The fourth-order valence-corrected chi connectivity index (χ4v) is 13.5. The van der Waals surface area contributed by atoms with Gasteiger partial charge in [-0.15, -0.1) is 0 Å². The third-order valence-corrected chi connectivity index (χ3v) is 19.8. The number of carbonyl (C=O) groups excluding carboxylic acids is 3. The van der Waals surface area contributed by atoms with Gasteiger partial charge in [-0.1, -0.05) is 37.9 Å². The summed E-state index contributed by atoms with van der Waals surface area (Å²) in [4.78, 5) is 128. The van der Waals surface area contributed by atoms with Crippen LogP contribution in [0.4, 0.5) is 69.0 Å². The van der Waals surface area contributed by atoms with Gasteiger partial charge in [-0.3, -0.25) is 47.4 Å². The van der Waals surface area contributed by atoms with E-state index in [2.05, 4.69) is 140 Å². The second-order valence-electron chi connectivity index (χ2n) is 27.9. The molecular formula is C85H92N24O12. The number of piperazine rings is 3. The Morgan fingerprint density at radius 1 is 0.413 bits per heavy atom. The van der Waals surface area contributed by atoms with Crippen molar-refractivity contribution in [3.8, 4) is 34.3 Å². The van der Waals surface area contributed by atoms with Crippen molar-refractivity contribution in [2.75, 3.05) is 194 Å². The number of methoxy groups -OCH3 is 3. The highest BCUT2D eigenvalue weighted by atomic mass is 16.7. The van der Waals surface area contributed by atoms with Crippen LogP contribution in [0.2, 0.25) is 0 Å². The Morgan fingerprint density at radius 2 is 0.769 bits per heavy atom. The molecule has 0 saturated carbocycles. The van der Waals surface area contributed by atoms with Crippen molar-refractivity contribution in [3.63, 3.8) is 0 Å². The predicted octanol–water partition coefficient (Wildman–Crippen LogP) is 7.77. The van der Waals surface area contributed by atoms with Gasteiger partial charge in [0.05, 0.1) is 91.6 Å². The van der Waals surface area contributed by atoms with Crippen LogP contribution in [0.25, 0.3) is 50.6 Å². The molecule has 7 N–H and O–H groups in total. The molecule has 0 bridgehead atoms. The van der Waals surface area contributed by atoms with Crippen LogP contribution in [-0.2, 0) is 23.9 Å². The van der Waals surface area contributed by atoms with Crippen LogP contribution in [0, 0.1) is 0 Å². The van der Waals surface area contributed by atoms with Crippen molar-refractivity contribution >= 4 is 120 Å². The van der Waals surface area contributed by atoms with Crippen molar-refractivity contribution in [2.45, 2.75) is 0 Å². The minimum Gasteiger partial charge on any atom is -0.494 e. The molecule has 3 fully saturated rings. The maximum absolute atomic E-state index is 13.0. The van der Waals surface area contributed by atoms with E-state index >= 15 is 0 Å². The number of likely N-dealkylation sites (N-methyl/N-ethyl adjacent to an activating group) is 2. The Balaban J connectivity index is 0.000000157. The van der Waals surface area contributed by atoms with E-state index in [1.165, 1.54) is 62.9 Å². The number of nitrogens with one attached hydrogen (secondary N) is 6. The number of ether oxygens (including phenoxy) is 5. The molecule has 624 valence electrons. The van der Waals surface area contributed by atoms with Gasteiger partial charge in [0.1, 0.15) is 40.4 Å². The number of aliphatic hydroxyl groups excluding tert-OH is 1. The van der Waals surface area contributed by atoms with Crippen LogP contribution in [-0.4, -0.2) is 243 Å². The molecule has 36 heteroatoms. The fourth-order valence-electron chi connectivity index (χ4n) is 13.5. The first-order valence-electron chi connectivity index (χ1n) is 38.7. The van der Waals surface area contributed by atoms with Crippen molar-refractivity contribution in [2.24, 2.45) is 0 Å². The minimum atomic E-state index is -0.384. The van der Waals surface area contributed by atoms with E-state index in [0.29, 0.717) is 122 Å². The Bertz CT molecular complexity index is 5950. The predicted molar refractivity (Wildman–Crippen MR) is 466 cm³/mol. The summed E-state index contributed by atoms with van der Waals surface area (Å²) >= 11 is 0. The molecule has 3 amide bonds. The SMILES string of the molecule is C=CC(=O)Nc1cccc(-n2c(=O)cnc3cnc(Nc4ccc(N5CCN(C)CC5)cc4OCCOC)nc32)c1.C=CC(=O)Nc1cccc(-n2c(=O)cnc3cnc(Nc4ccc(N5CCN(C)CC5)cc4OCOC)nc32)c1.C=CC(=O)Nc1cccc(-n2c(=O)cnc3cnc(Nc4ccc(N5CCN(CCO)CC5)cc4OC)nc32)c1. The van der Waals surface area contributed by atoms with Crippen LogP contribution >= 0.6 is 0 Å². The second-order valence-corrected chi connectivity index (χ2v) is 27.9. The number of aromatic nitrogens is 12. The summed E-state index contributed by atoms with van der Waals surface area (Å²) in [5, 5.41) is 27.0. The summed E-state index contributed by atoms with van der Waals surface area (Å²) < 4.78 is 32.2. The monoisotopic (exact) mass is 1640 g/mol. The Kier molecular flexibility index (Phi) is 28.0. The standard InChI is InChI=1S/C29H32N8O4.2C28H30N8O4/c1-4-26(38)32-20-6-5-7-22(16-20)37-27(39)19-30-24-18-31-29(34-28(24)37)33-23-9-8-21(17-25(23)41-15-14-40-3)36-12-10-35(2)11-13-36;1-4-25(37)31-19-6-5-7-21(14-19)36-26(38)17-29-23-16-30-28(33-27(23)36)32-22-9-8-20(15-24(22)40-18-39-3)35-12-10-34(2)11-13-35;1-3-25(38)31-19-5-4-6-21(15-19)36-26(39)18-29-23-17-30-28(33-27(23)36)32-22-8-7-20(16-24(22)40-2)35-11-9-34(10-12-35)13-14-37/h4-9,16-19H,1,10-15H2,2-3H3,(H,32,38)(H,31,33,34);4-9,14-17H,1,10-13,18H2,2-3H3,(H,31,37)(H,30,32,33);3-8,15-18,37H,1,9-14H2,2H3,(H,31,38)(H,30,32,33). The zero-order valence-corrected chi connectivity index (χ0v) is 67.5. The van der Waals surface area contributed by atoms with Gasteiger partial charge in [0.2, 0.25) is 35.6 Å². The van der Waals surface area contributed by atoms with E-state index in [1.807, 2.05) is 54.6 Å².